The van der Waals surface area contributed by atoms with Gasteiger partial charge < -0.3 is 15.4 Å². The molecule has 0 radical (unpaired) electrons. The van der Waals surface area contributed by atoms with Crippen molar-refractivity contribution in [3.05, 3.63) is 29.8 Å². The highest BCUT2D eigenvalue weighted by Crippen LogP contribution is 2.26. The zero-order valence-corrected chi connectivity index (χ0v) is 9.54. The molecular weight excluding hydrogens is 204 g/mol. The molecule has 1 aromatic carbocycles. The first kappa shape index (κ1) is 10.8. The van der Waals surface area contributed by atoms with Crippen molar-refractivity contribution < 1.29 is 9.53 Å². The summed E-state index contributed by atoms with van der Waals surface area (Å²) in [5.74, 6) is 0.843. The number of amides is 2. The molecule has 0 bridgehead atoms. The van der Waals surface area contributed by atoms with Crippen molar-refractivity contribution in [2.24, 2.45) is 0 Å². The largest absolute Gasteiger partial charge is 0.497 e. The van der Waals surface area contributed by atoms with E-state index in [1.54, 1.807) is 7.11 Å². The number of nitrogens with one attached hydrogen (secondary N) is 2. The lowest BCUT2D eigenvalue weighted by Gasteiger charge is -2.34. The molecule has 1 aromatic rings. The standard InChI is InChI=1S/C12H16N2O2/c1-12(7-13-11(15)14-8-12)9-4-3-5-10(6-9)16-2/h3-6H,7-8H2,1-2H3,(H2,13,14,15). The van der Waals surface area contributed by atoms with Crippen molar-refractivity contribution in [1.29, 1.82) is 0 Å². The Hall–Kier alpha value is -1.71. The van der Waals surface area contributed by atoms with Crippen LogP contribution in [0.2, 0.25) is 0 Å². The quantitative estimate of drug-likeness (QED) is 0.788. The van der Waals surface area contributed by atoms with Crippen molar-refractivity contribution in [3.8, 4) is 5.75 Å². The molecule has 0 spiro atoms. The van der Waals surface area contributed by atoms with Crippen LogP contribution in [0.4, 0.5) is 4.79 Å². The first-order valence-corrected chi connectivity index (χ1v) is 5.30. The van der Waals surface area contributed by atoms with Crippen LogP contribution >= 0.6 is 0 Å². The van der Waals surface area contributed by atoms with Crippen LogP contribution < -0.4 is 15.4 Å². The molecule has 1 fully saturated rings. The highest BCUT2D eigenvalue weighted by Gasteiger charge is 2.31. The Morgan fingerprint density at radius 1 is 1.31 bits per heavy atom. The summed E-state index contributed by atoms with van der Waals surface area (Å²) in [7, 11) is 1.66. The summed E-state index contributed by atoms with van der Waals surface area (Å²) in [5, 5.41) is 5.64. The van der Waals surface area contributed by atoms with Crippen LogP contribution in [0.25, 0.3) is 0 Å². The summed E-state index contributed by atoms with van der Waals surface area (Å²) in [5.41, 5.74) is 1.09. The number of hydrogen-bond donors (Lipinski definition) is 2. The molecule has 86 valence electrons. The van der Waals surface area contributed by atoms with Gasteiger partial charge in [-0.05, 0) is 17.7 Å². The second-order valence-electron chi connectivity index (χ2n) is 4.33. The average molecular weight is 220 g/mol. The van der Waals surface area contributed by atoms with Gasteiger partial charge in [0.05, 0.1) is 7.11 Å². The van der Waals surface area contributed by atoms with E-state index in [4.69, 9.17) is 4.74 Å². The second kappa shape index (κ2) is 4.04. The first-order chi connectivity index (χ1) is 7.64. The molecule has 0 atom stereocenters. The monoisotopic (exact) mass is 220 g/mol. The fourth-order valence-corrected chi connectivity index (χ4v) is 1.88. The van der Waals surface area contributed by atoms with Crippen LogP contribution in [0.15, 0.2) is 24.3 Å². The number of benzene rings is 1. The summed E-state index contributed by atoms with van der Waals surface area (Å²) in [4.78, 5) is 11.1. The lowest BCUT2D eigenvalue weighted by molar-refractivity contribution is 0.225. The topological polar surface area (TPSA) is 50.4 Å². The van der Waals surface area contributed by atoms with E-state index in [1.165, 1.54) is 5.56 Å². The SMILES string of the molecule is COc1cccc(C2(C)CNC(=O)NC2)c1. The molecule has 1 heterocycles. The van der Waals surface area contributed by atoms with E-state index < -0.39 is 0 Å². The van der Waals surface area contributed by atoms with E-state index in [-0.39, 0.29) is 11.4 Å². The fourth-order valence-electron chi connectivity index (χ4n) is 1.88. The minimum absolute atomic E-state index is 0.0809. The third-order valence-corrected chi connectivity index (χ3v) is 3.04. The summed E-state index contributed by atoms with van der Waals surface area (Å²) >= 11 is 0. The summed E-state index contributed by atoms with van der Waals surface area (Å²) in [6.45, 7) is 3.41. The highest BCUT2D eigenvalue weighted by molar-refractivity contribution is 5.75. The smallest absolute Gasteiger partial charge is 0.314 e. The maximum atomic E-state index is 11.1. The third kappa shape index (κ3) is 1.96. The van der Waals surface area contributed by atoms with Crippen LogP contribution in [0, 0.1) is 0 Å². The van der Waals surface area contributed by atoms with Gasteiger partial charge in [0.2, 0.25) is 0 Å². The predicted molar refractivity (Wildman–Crippen MR) is 61.7 cm³/mol. The molecule has 1 aliphatic heterocycles. The van der Waals surface area contributed by atoms with Gasteiger partial charge in [-0.2, -0.15) is 0 Å². The third-order valence-electron chi connectivity index (χ3n) is 3.04. The maximum absolute atomic E-state index is 11.1. The molecule has 4 heteroatoms. The zero-order valence-electron chi connectivity index (χ0n) is 9.54. The van der Waals surface area contributed by atoms with Gasteiger partial charge in [0, 0.05) is 18.5 Å². The van der Waals surface area contributed by atoms with Gasteiger partial charge >= 0.3 is 6.03 Å². The lowest BCUT2D eigenvalue weighted by Crippen LogP contribution is -2.55. The van der Waals surface area contributed by atoms with Gasteiger partial charge in [0.25, 0.3) is 0 Å². The van der Waals surface area contributed by atoms with Crippen LogP contribution in [0.3, 0.4) is 0 Å². The van der Waals surface area contributed by atoms with Gasteiger partial charge in [0.1, 0.15) is 5.75 Å². The van der Waals surface area contributed by atoms with Gasteiger partial charge in [0.15, 0.2) is 0 Å². The van der Waals surface area contributed by atoms with E-state index in [0.29, 0.717) is 13.1 Å². The maximum Gasteiger partial charge on any atom is 0.314 e. The van der Waals surface area contributed by atoms with Crippen LogP contribution in [0.5, 0.6) is 5.75 Å². The Morgan fingerprint density at radius 2 is 2.00 bits per heavy atom. The molecule has 0 aromatic heterocycles. The van der Waals surface area contributed by atoms with Crippen molar-refractivity contribution >= 4 is 6.03 Å². The van der Waals surface area contributed by atoms with E-state index in [1.807, 2.05) is 18.2 Å². The molecule has 2 amide bonds. The molecule has 16 heavy (non-hydrogen) atoms. The zero-order chi connectivity index (χ0) is 11.6. The Balaban J connectivity index is 2.25. The first-order valence-electron chi connectivity index (χ1n) is 5.30. The Kier molecular flexibility index (Phi) is 2.73. The van der Waals surface area contributed by atoms with E-state index in [0.717, 1.165) is 5.75 Å². The van der Waals surface area contributed by atoms with Crippen molar-refractivity contribution in [2.75, 3.05) is 20.2 Å². The van der Waals surface area contributed by atoms with Crippen LogP contribution in [0.1, 0.15) is 12.5 Å². The highest BCUT2D eigenvalue weighted by atomic mass is 16.5. The summed E-state index contributed by atoms with van der Waals surface area (Å²) in [6, 6.07) is 7.86. The van der Waals surface area contributed by atoms with Gasteiger partial charge in [-0.25, -0.2) is 4.79 Å². The summed E-state index contributed by atoms with van der Waals surface area (Å²) < 4.78 is 5.20. The molecular formula is C12H16N2O2. The average Bonchev–Trinajstić information content (AvgIpc) is 2.33. The normalized spacial score (nSPS) is 18.5. The molecule has 0 aliphatic carbocycles. The van der Waals surface area contributed by atoms with Crippen molar-refractivity contribution in [2.45, 2.75) is 12.3 Å². The van der Waals surface area contributed by atoms with Crippen molar-refractivity contribution in [3.63, 3.8) is 0 Å². The molecule has 0 unspecified atom stereocenters. The Labute approximate surface area is 95.0 Å². The predicted octanol–water partition coefficient (Wildman–Crippen LogP) is 1.27. The van der Waals surface area contributed by atoms with Crippen LogP contribution in [-0.2, 0) is 5.41 Å². The Bertz CT molecular complexity index is 394. The van der Waals surface area contributed by atoms with Crippen molar-refractivity contribution in [1.82, 2.24) is 10.6 Å². The number of methoxy groups -OCH3 is 1. The number of carbonyl (C=O) groups is 1. The second-order valence-corrected chi connectivity index (χ2v) is 4.33. The van der Waals surface area contributed by atoms with E-state index in [9.17, 15) is 4.79 Å². The lowest BCUT2D eigenvalue weighted by atomic mass is 9.81. The molecule has 1 saturated heterocycles. The molecule has 0 saturated carbocycles. The fraction of sp³-hybridized carbons (Fsp3) is 0.417. The van der Waals surface area contributed by atoms with Gasteiger partial charge in [-0.15, -0.1) is 0 Å². The van der Waals surface area contributed by atoms with E-state index >= 15 is 0 Å². The number of hydrogen-bond acceptors (Lipinski definition) is 2. The number of urea groups is 1. The van der Waals surface area contributed by atoms with Gasteiger partial charge in [-0.3, -0.25) is 0 Å². The Morgan fingerprint density at radius 3 is 2.62 bits per heavy atom. The molecule has 2 rings (SSSR count). The minimum Gasteiger partial charge on any atom is -0.497 e. The number of rotatable bonds is 2. The molecule has 1 aliphatic rings. The van der Waals surface area contributed by atoms with Gasteiger partial charge in [-0.1, -0.05) is 19.1 Å². The molecule has 2 N–H and O–H groups in total. The molecule has 4 nitrogen and oxygen atoms in total. The number of carbonyl (C=O) groups excluding carboxylic acids is 1. The number of ether oxygens (including phenoxy) is 1. The van der Waals surface area contributed by atoms with E-state index in [2.05, 4.69) is 23.6 Å². The summed E-state index contributed by atoms with van der Waals surface area (Å²) in [6.07, 6.45) is 0. The van der Waals surface area contributed by atoms with Crippen LogP contribution in [-0.4, -0.2) is 26.2 Å². The minimum atomic E-state index is -0.0969.